The Bertz CT molecular complexity index is 1330. The fraction of sp³-hybridized carbons (Fsp3) is 0.154. The molecule has 172 valence electrons. The van der Waals surface area contributed by atoms with E-state index in [0.717, 1.165) is 11.3 Å². The van der Waals surface area contributed by atoms with E-state index in [4.69, 9.17) is 4.74 Å². The van der Waals surface area contributed by atoms with Gasteiger partial charge in [0.05, 0.1) is 22.2 Å². The molecule has 4 rings (SSSR count). The number of ether oxygens (including phenoxy) is 1. The van der Waals surface area contributed by atoms with Crippen molar-refractivity contribution < 1.29 is 24.2 Å². The fourth-order valence-electron chi connectivity index (χ4n) is 3.84. The molecule has 1 amide bonds. The maximum atomic E-state index is 13.3. The highest BCUT2D eigenvalue weighted by Gasteiger charge is 2.48. The lowest BCUT2D eigenvalue weighted by Gasteiger charge is -2.23. The fourth-order valence-corrected chi connectivity index (χ4v) is 4.83. The molecule has 1 atom stereocenters. The molecule has 7 nitrogen and oxygen atoms in total. The molecule has 0 bridgehead atoms. The van der Waals surface area contributed by atoms with Gasteiger partial charge < -0.3 is 9.84 Å². The van der Waals surface area contributed by atoms with E-state index in [1.54, 1.807) is 67.6 Å². The second-order valence-corrected chi connectivity index (χ2v) is 8.65. The van der Waals surface area contributed by atoms with Crippen molar-refractivity contribution in [2.45, 2.75) is 19.9 Å². The predicted molar refractivity (Wildman–Crippen MR) is 130 cm³/mol. The van der Waals surface area contributed by atoms with E-state index in [1.807, 2.05) is 0 Å². The third-order valence-electron chi connectivity index (χ3n) is 5.34. The number of thiazole rings is 1. The van der Waals surface area contributed by atoms with Crippen molar-refractivity contribution in [3.8, 4) is 5.75 Å². The first-order chi connectivity index (χ1) is 16.3. The van der Waals surface area contributed by atoms with E-state index in [9.17, 15) is 19.5 Å². The monoisotopic (exact) mass is 474 g/mol. The van der Waals surface area contributed by atoms with Gasteiger partial charge in [0.15, 0.2) is 10.9 Å². The van der Waals surface area contributed by atoms with E-state index >= 15 is 0 Å². The summed E-state index contributed by atoms with van der Waals surface area (Å²) in [7, 11) is 0. The second kappa shape index (κ2) is 9.44. The number of aliphatic hydroxyl groups is 1. The highest BCUT2D eigenvalue weighted by Crippen LogP contribution is 2.44. The molecule has 2 heterocycles. The number of aliphatic hydroxyl groups excluding tert-OH is 1. The van der Waals surface area contributed by atoms with Gasteiger partial charge in [0.1, 0.15) is 18.1 Å². The molecule has 0 aliphatic carbocycles. The van der Waals surface area contributed by atoms with Crippen LogP contribution in [0.25, 0.3) is 5.76 Å². The zero-order valence-electron chi connectivity index (χ0n) is 18.6. The van der Waals surface area contributed by atoms with Gasteiger partial charge in [-0.15, -0.1) is 0 Å². The number of hydrogen-bond donors (Lipinski definition) is 1. The van der Waals surface area contributed by atoms with Crippen molar-refractivity contribution in [1.29, 1.82) is 0 Å². The quantitative estimate of drug-likeness (QED) is 0.173. The molecule has 1 aliphatic rings. The van der Waals surface area contributed by atoms with Crippen LogP contribution in [0.5, 0.6) is 5.75 Å². The van der Waals surface area contributed by atoms with E-state index in [-0.39, 0.29) is 28.9 Å². The molecule has 1 fully saturated rings. The normalized spacial score (nSPS) is 17.1. The average molecular weight is 475 g/mol. The summed E-state index contributed by atoms with van der Waals surface area (Å²) in [6.07, 6.45) is 1.61. The third-order valence-corrected chi connectivity index (χ3v) is 6.60. The molecule has 1 saturated heterocycles. The van der Waals surface area contributed by atoms with Crippen molar-refractivity contribution in [2.24, 2.45) is 0 Å². The van der Waals surface area contributed by atoms with Crippen LogP contribution in [0.15, 0.2) is 72.8 Å². The van der Waals surface area contributed by atoms with Crippen LogP contribution in [0.3, 0.4) is 0 Å². The lowest BCUT2D eigenvalue weighted by Crippen LogP contribution is -2.29. The van der Waals surface area contributed by atoms with Gasteiger partial charge in [-0.25, -0.2) is 4.98 Å². The Morgan fingerprint density at radius 2 is 1.94 bits per heavy atom. The number of carbonyl (C=O) groups excluding carboxylic acids is 3. The summed E-state index contributed by atoms with van der Waals surface area (Å²) in [4.78, 5) is 44.6. The van der Waals surface area contributed by atoms with Gasteiger partial charge in [0.25, 0.3) is 5.78 Å². The molecule has 3 aromatic rings. The van der Waals surface area contributed by atoms with E-state index in [1.165, 1.54) is 11.8 Å². The molecule has 34 heavy (non-hydrogen) atoms. The van der Waals surface area contributed by atoms with E-state index < -0.39 is 17.7 Å². The van der Waals surface area contributed by atoms with Crippen LogP contribution in [0.1, 0.15) is 39.5 Å². The van der Waals surface area contributed by atoms with Crippen LogP contribution in [0, 0.1) is 6.92 Å². The molecule has 1 unspecified atom stereocenters. The van der Waals surface area contributed by atoms with Gasteiger partial charge in [-0.3, -0.25) is 19.3 Å². The first-order valence-electron chi connectivity index (χ1n) is 10.5. The second-order valence-electron chi connectivity index (χ2n) is 7.67. The maximum absolute atomic E-state index is 13.3. The lowest BCUT2D eigenvalue weighted by molar-refractivity contribution is -0.132. The number of amides is 1. The van der Waals surface area contributed by atoms with Crippen molar-refractivity contribution in [2.75, 3.05) is 11.5 Å². The summed E-state index contributed by atoms with van der Waals surface area (Å²) in [6.45, 7) is 7.02. The third kappa shape index (κ3) is 4.15. The van der Waals surface area contributed by atoms with Crippen LogP contribution in [0.4, 0.5) is 5.13 Å². The van der Waals surface area contributed by atoms with Crippen molar-refractivity contribution in [3.05, 3.63) is 94.5 Å². The first kappa shape index (κ1) is 23.1. The number of carbonyl (C=O) groups is 3. The lowest BCUT2D eigenvalue weighted by atomic mass is 9.95. The topological polar surface area (TPSA) is 96.8 Å². The largest absolute Gasteiger partial charge is 0.507 e. The standard InChI is InChI=1S/C26H22N2O5S/c1-4-13-33-19-12-8-11-18(14-19)21-20(22(30)17-9-6-5-7-10-17)23(31)25(32)28(21)26-27-15(2)24(34-26)16(3)29/h4-12,14,21,30H,1,13H2,2-3H3/b22-20+. The van der Waals surface area contributed by atoms with Crippen LogP contribution in [-0.2, 0) is 9.59 Å². The predicted octanol–water partition coefficient (Wildman–Crippen LogP) is 4.85. The zero-order valence-corrected chi connectivity index (χ0v) is 19.5. The Morgan fingerprint density at radius 1 is 1.21 bits per heavy atom. The number of anilines is 1. The Morgan fingerprint density at radius 3 is 2.59 bits per heavy atom. The van der Waals surface area contributed by atoms with Crippen LogP contribution < -0.4 is 9.64 Å². The Balaban J connectivity index is 1.93. The SMILES string of the molecule is C=CCOc1cccc(C2/C(=C(\O)c3ccccc3)C(=O)C(=O)N2c2nc(C)c(C(C)=O)s2)c1. The molecule has 2 aromatic carbocycles. The number of hydrogen-bond acceptors (Lipinski definition) is 7. The minimum absolute atomic E-state index is 0.0608. The summed E-state index contributed by atoms with van der Waals surface area (Å²) >= 11 is 1.04. The maximum Gasteiger partial charge on any atom is 0.301 e. The van der Waals surface area contributed by atoms with E-state index in [2.05, 4.69) is 11.6 Å². The summed E-state index contributed by atoms with van der Waals surface area (Å²) in [5, 5.41) is 11.3. The van der Waals surface area contributed by atoms with Crippen LogP contribution in [0.2, 0.25) is 0 Å². The summed E-state index contributed by atoms with van der Waals surface area (Å²) in [6, 6.07) is 14.5. The van der Waals surface area contributed by atoms with Crippen molar-refractivity contribution in [3.63, 3.8) is 0 Å². The molecule has 0 radical (unpaired) electrons. The van der Waals surface area contributed by atoms with Crippen LogP contribution >= 0.6 is 11.3 Å². The number of rotatable bonds is 7. The molecular formula is C26H22N2O5S. The highest BCUT2D eigenvalue weighted by atomic mass is 32.1. The van der Waals surface area contributed by atoms with Gasteiger partial charge in [-0.1, -0.05) is 66.5 Å². The number of nitrogens with zero attached hydrogens (tertiary/aromatic N) is 2. The zero-order chi connectivity index (χ0) is 24.4. The molecular weight excluding hydrogens is 452 g/mol. The van der Waals surface area contributed by atoms with Crippen molar-refractivity contribution in [1.82, 2.24) is 4.98 Å². The number of benzene rings is 2. The molecule has 1 N–H and O–H groups in total. The highest BCUT2D eigenvalue weighted by molar-refractivity contribution is 7.18. The first-order valence-corrected chi connectivity index (χ1v) is 11.3. The minimum Gasteiger partial charge on any atom is -0.507 e. The average Bonchev–Trinajstić information content (AvgIpc) is 3.35. The minimum atomic E-state index is -0.960. The van der Waals surface area contributed by atoms with Crippen molar-refractivity contribution >= 4 is 39.7 Å². The molecule has 1 aliphatic heterocycles. The Hall–Kier alpha value is -4.04. The Kier molecular flexibility index (Phi) is 6.43. The summed E-state index contributed by atoms with van der Waals surface area (Å²) in [5.41, 5.74) is 1.37. The number of aromatic nitrogens is 1. The van der Waals surface area contributed by atoms with E-state index in [0.29, 0.717) is 27.4 Å². The molecule has 0 spiro atoms. The van der Waals surface area contributed by atoms with Gasteiger partial charge in [-0.2, -0.15) is 0 Å². The molecule has 1 aromatic heterocycles. The molecule has 8 heteroatoms. The number of aryl methyl sites for hydroxylation is 1. The van der Waals surface area contributed by atoms with Crippen LogP contribution in [-0.4, -0.2) is 34.2 Å². The Labute approximate surface area is 200 Å². The van der Waals surface area contributed by atoms with Gasteiger partial charge in [0, 0.05) is 12.5 Å². The smallest absolute Gasteiger partial charge is 0.301 e. The van der Waals surface area contributed by atoms with Gasteiger partial charge in [-0.05, 0) is 24.6 Å². The van der Waals surface area contributed by atoms with Gasteiger partial charge in [0.2, 0.25) is 0 Å². The number of Topliss-reactive ketones (excluding diaryl/α,β-unsaturated/α-hetero) is 2. The summed E-state index contributed by atoms with van der Waals surface area (Å²) < 4.78 is 5.64. The molecule has 0 saturated carbocycles. The van der Waals surface area contributed by atoms with Gasteiger partial charge >= 0.3 is 5.91 Å². The number of ketones is 2. The summed E-state index contributed by atoms with van der Waals surface area (Å²) in [5.74, 6) is -1.62.